The maximum atomic E-state index is 16.1. The predicted molar refractivity (Wildman–Crippen MR) is 533 cm³/mol. The summed E-state index contributed by atoms with van der Waals surface area (Å²) in [7, 11) is 0. The van der Waals surface area contributed by atoms with E-state index in [0.29, 0.717) is 192 Å². The molecule has 0 atom stereocenters. The van der Waals surface area contributed by atoms with E-state index in [4.69, 9.17) is 67.3 Å². The molecule has 0 spiro atoms. The summed E-state index contributed by atoms with van der Waals surface area (Å²) in [6.07, 6.45) is 1.57. The molecule has 4 heterocycles. The van der Waals surface area contributed by atoms with Crippen LogP contribution in [0, 0.1) is 23.3 Å². The molecule has 31 heteroatoms. The fraction of sp³-hybridized carbons (Fsp3) is 0.198. The smallest absolute Gasteiger partial charge is 0.319 e. The van der Waals surface area contributed by atoms with Crippen LogP contribution in [0.1, 0.15) is 117 Å². The van der Waals surface area contributed by atoms with Gasteiger partial charge in [0.15, 0.2) is 5.13 Å². The summed E-state index contributed by atoms with van der Waals surface area (Å²) in [6, 6.07) is 64.1. The van der Waals surface area contributed by atoms with E-state index < -0.39 is 17.0 Å². The fourth-order valence-corrected chi connectivity index (χ4v) is 18.7. The number of esters is 2. The van der Waals surface area contributed by atoms with E-state index in [1.807, 2.05) is 159 Å². The van der Waals surface area contributed by atoms with Crippen LogP contribution in [0.15, 0.2) is 224 Å². The van der Waals surface area contributed by atoms with Crippen LogP contribution in [0.3, 0.4) is 0 Å². The molecule has 0 unspecified atom stereocenters. The highest BCUT2D eigenvalue weighted by Crippen LogP contribution is 2.44. The molecular weight excluding hydrogens is 1840 g/mol. The third kappa shape index (κ3) is 25.8. The molecule has 19 nitrogen and oxygen atoms in total. The van der Waals surface area contributed by atoms with E-state index >= 15 is 17.6 Å². The van der Waals surface area contributed by atoms with Crippen LogP contribution in [-0.4, -0.2) is 80.8 Å². The minimum Gasteiger partial charge on any atom is -0.460 e. The summed E-state index contributed by atoms with van der Waals surface area (Å²) in [5, 5.41) is 19.9. The lowest BCUT2D eigenvalue weighted by Gasteiger charge is -2.18. The molecule has 6 amide bonds. The number of aromatic nitrogens is 4. The fourth-order valence-electron chi connectivity index (χ4n) is 14.4. The van der Waals surface area contributed by atoms with Gasteiger partial charge in [-0.15, -0.1) is 34.0 Å². The van der Waals surface area contributed by atoms with Gasteiger partial charge in [0.05, 0.1) is 59.2 Å². The van der Waals surface area contributed by atoms with Crippen LogP contribution in [0.4, 0.5) is 59.8 Å². The number of hydrogen-bond acceptors (Lipinski definition) is 17. The second-order valence-electron chi connectivity index (χ2n) is 32.5. The summed E-state index contributed by atoms with van der Waals surface area (Å²) in [6.45, 7) is 18.1. The average molecular weight is 1930 g/mol. The van der Waals surface area contributed by atoms with Gasteiger partial charge < -0.3 is 52.8 Å². The number of fused-ring (bicyclic) bond motifs is 4. The van der Waals surface area contributed by atoms with Crippen LogP contribution >= 0.6 is 91.8 Å². The topological polar surface area (TPSA) is 280 Å². The summed E-state index contributed by atoms with van der Waals surface area (Å²) in [4.78, 5) is 77.9. The van der Waals surface area contributed by atoms with Crippen molar-refractivity contribution in [3.63, 3.8) is 0 Å². The Hall–Kier alpha value is -12.6. The van der Waals surface area contributed by atoms with E-state index in [2.05, 4.69) is 51.8 Å². The number of thiazole rings is 4. The second kappa shape index (κ2) is 43.6. The van der Waals surface area contributed by atoms with Crippen LogP contribution < -0.4 is 43.4 Å². The summed E-state index contributed by atoms with van der Waals surface area (Å²) in [5.41, 5.74) is 27.1. The number of rotatable bonds is 22. The van der Waals surface area contributed by atoms with Crippen molar-refractivity contribution in [2.45, 2.75) is 112 Å². The maximum absolute atomic E-state index is 16.1. The first kappa shape index (κ1) is 97.0. The monoisotopic (exact) mass is 1930 g/mol. The van der Waals surface area contributed by atoms with Gasteiger partial charge in [0.2, 0.25) is 0 Å². The van der Waals surface area contributed by atoms with Gasteiger partial charge in [-0.2, -0.15) is 0 Å². The Labute approximate surface area is 796 Å². The standard InChI is InChI=1S/C29H29ClFN3O3S.C26H24ClFN2O2S.C23H20ClFN4OS.C23H19ClFN3OS/c1-5-32-28(36)33-21-11-9-17(10-12-21)13-19-15-22-27(25(26(19)31)18-7-6-8-20(30)14-18)34-23(38-22)16-24(35)37-29(2,3)4;1-26(2,3)32-22(31)14-21-30-25-20(33-21)13-17(11-15-7-9-19(29)10-8-15)24(28)23(25)16-5-4-6-18(27)12-16;1-2-27-23(30)28-17-8-6-13(7-9-17)10-15-12-18-21(29-22(26)31-18)19(20(15)25)14-4-3-5-16(24)11-14;1-2-26-23(29)28-18-8-6-14(7-9-18)10-16-12-19-22(27-13-30-19)20(21(16)25)15-4-3-5-17(24)11-15/h6-12,14-15H,5,13,16H2,1-4H3,(H2,32,33,36);4-10,12-13H,11,14,29H2,1-3H3;3-9,11-12H,2,10H2,1H3,(H2,26,29)(H2,27,28,30);3-9,11-13H,2,10H2,1H3,(H2,26,28,29). The van der Waals surface area contributed by atoms with E-state index in [1.165, 1.54) is 45.3 Å². The quantitative estimate of drug-likeness (QED) is 0.0178. The van der Waals surface area contributed by atoms with Gasteiger partial charge in [-0.25, -0.2) is 51.9 Å². The summed E-state index contributed by atoms with van der Waals surface area (Å²) >= 11 is 30.2. The molecule has 0 radical (unpaired) electrons. The summed E-state index contributed by atoms with van der Waals surface area (Å²) < 4.78 is 77.4. The van der Waals surface area contributed by atoms with E-state index in [-0.39, 0.29) is 60.3 Å². The molecule has 0 aliphatic carbocycles. The van der Waals surface area contributed by atoms with Crippen molar-refractivity contribution in [1.29, 1.82) is 0 Å². The molecule has 0 fully saturated rings. The highest BCUT2D eigenvalue weighted by molar-refractivity contribution is 7.22. The van der Waals surface area contributed by atoms with E-state index in [1.54, 1.807) is 127 Å². The van der Waals surface area contributed by atoms with E-state index in [9.17, 15) is 24.0 Å². The number of carbonyl (C=O) groups excluding carboxylic acids is 5. The minimum atomic E-state index is -0.607. The Balaban J connectivity index is 0.000000150. The van der Waals surface area contributed by atoms with Crippen molar-refractivity contribution < 1.29 is 51.0 Å². The number of halogens is 8. The predicted octanol–water partition coefficient (Wildman–Crippen LogP) is 26.7. The lowest BCUT2D eigenvalue weighted by Crippen LogP contribution is -2.28. The number of nitrogens with zero attached hydrogens (tertiary/aromatic N) is 4. The van der Waals surface area contributed by atoms with Gasteiger partial charge in [-0.1, -0.05) is 155 Å². The largest absolute Gasteiger partial charge is 0.460 e. The first-order valence-electron chi connectivity index (χ1n) is 42.0. The van der Waals surface area contributed by atoms with Gasteiger partial charge in [0, 0.05) is 110 Å². The van der Waals surface area contributed by atoms with Crippen LogP contribution in [-0.2, 0) is 57.6 Å². The zero-order valence-corrected chi connectivity index (χ0v) is 79.5. The molecule has 0 saturated heterocycles. The number of nitrogens with two attached hydrogens (primary N) is 2. The molecule has 4 aromatic heterocycles. The molecule has 16 rings (SSSR count). The Morgan fingerprint density at radius 1 is 0.371 bits per heavy atom. The Kier molecular flexibility index (Phi) is 32.1. The van der Waals surface area contributed by atoms with Gasteiger partial charge in [-0.05, 0) is 250 Å². The van der Waals surface area contributed by atoms with Crippen molar-refractivity contribution in [3.05, 3.63) is 322 Å². The van der Waals surface area contributed by atoms with Gasteiger partial charge >= 0.3 is 30.0 Å². The maximum Gasteiger partial charge on any atom is 0.319 e. The lowest BCUT2D eigenvalue weighted by molar-refractivity contribution is -0.155. The first-order valence-corrected chi connectivity index (χ1v) is 46.8. The molecule has 0 saturated carbocycles. The SMILES string of the molecule is CC(C)(C)OC(=O)Cc1nc2c(-c3cccc(Cl)c3)c(F)c(Cc3ccc(N)cc3)cc2s1.CCNC(=O)Nc1ccc(Cc2cc3sc(CC(=O)OC(C)(C)C)nc3c(-c3cccc(Cl)c3)c2F)cc1.CCNC(=O)Nc1ccc(Cc2cc3sc(N)nc3c(-c3cccc(Cl)c3)c2F)cc1.CCNC(=O)Nc1ccc(Cc2cc3scnc3c(-c3cccc(Cl)c3)c2F)cc1. The second-order valence-corrected chi connectivity index (χ2v) is 38.4. The number of hydrogen-bond donors (Lipinski definition) is 8. The lowest BCUT2D eigenvalue weighted by atomic mass is 9.97. The number of urea groups is 3. The first-order chi connectivity index (χ1) is 63.1. The summed E-state index contributed by atoms with van der Waals surface area (Å²) in [5.74, 6) is -2.13. The number of ether oxygens (including phenoxy) is 2. The molecule has 0 bridgehead atoms. The van der Waals surface area contributed by atoms with Gasteiger partial charge in [-0.3, -0.25) is 9.59 Å². The molecule has 10 N–H and O–H groups in total. The zero-order chi connectivity index (χ0) is 94.2. The minimum absolute atomic E-state index is 0.00260. The number of nitrogens with one attached hydrogen (secondary N) is 6. The van der Waals surface area contributed by atoms with Crippen molar-refractivity contribution in [2.75, 3.05) is 47.1 Å². The Bertz CT molecular complexity index is 6910. The van der Waals surface area contributed by atoms with Crippen molar-refractivity contribution in [1.82, 2.24) is 35.9 Å². The average Bonchev–Trinajstić information content (AvgIpc) is 1.63. The molecule has 132 heavy (non-hydrogen) atoms. The molecular formula is C101H92Cl4F4N12O7S4. The number of nitrogen functional groups attached to an aromatic ring is 2. The zero-order valence-electron chi connectivity index (χ0n) is 73.2. The van der Waals surface area contributed by atoms with E-state index in [0.717, 1.165) is 41.1 Å². The molecule has 678 valence electrons. The van der Waals surface area contributed by atoms with Crippen molar-refractivity contribution in [2.24, 2.45) is 0 Å². The Morgan fingerprint density at radius 3 is 0.962 bits per heavy atom. The third-order valence-corrected chi connectivity index (χ3v) is 24.5. The van der Waals surface area contributed by atoms with Crippen LogP contribution in [0.2, 0.25) is 20.1 Å². The Morgan fingerprint density at radius 2 is 0.659 bits per heavy atom. The van der Waals surface area contributed by atoms with Gasteiger partial charge in [0.1, 0.15) is 44.5 Å². The normalized spacial score (nSPS) is 11.2. The molecule has 0 aliphatic heterocycles. The molecule has 12 aromatic carbocycles. The van der Waals surface area contributed by atoms with Crippen LogP contribution in [0.25, 0.3) is 85.4 Å². The number of amides is 6. The highest BCUT2D eigenvalue weighted by atomic mass is 35.5. The van der Waals surface area contributed by atoms with Crippen molar-refractivity contribution >= 4 is 191 Å². The van der Waals surface area contributed by atoms with Gasteiger partial charge in [0.25, 0.3) is 0 Å². The highest BCUT2D eigenvalue weighted by Gasteiger charge is 2.28. The third-order valence-electron chi connectivity index (χ3n) is 19.9. The number of benzene rings is 12. The van der Waals surface area contributed by atoms with Crippen molar-refractivity contribution in [3.8, 4) is 44.5 Å². The molecule has 16 aromatic rings. The number of anilines is 5. The number of carbonyl (C=O) groups is 5. The van der Waals surface area contributed by atoms with Crippen LogP contribution in [0.5, 0.6) is 0 Å². The molecule has 0 aliphatic rings.